The summed E-state index contributed by atoms with van der Waals surface area (Å²) in [6.07, 6.45) is -0.180. The lowest BCUT2D eigenvalue weighted by Crippen LogP contribution is -2.31. The van der Waals surface area contributed by atoms with Crippen LogP contribution in [0.15, 0.2) is 5.10 Å². The fourth-order valence-corrected chi connectivity index (χ4v) is 0.428. The van der Waals surface area contributed by atoms with Crippen LogP contribution in [0.2, 0.25) is 0 Å². The normalized spacial score (nSPS) is 9.75. The molecule has 4 N–H and O–H groups in total. The third-order valence-electron chi connectivity index (χ3n) is 0.958. The van der Waals surface area contributed by atoms with Crippen molar-refractivity contribution in [3.05, 3.63) is 0 Å². The molecular formula is C5H10N4O3. The Bertz CT molecular complexity index is 203. The molecule has 0 aliphatic rings. The lowest BCUT2D eigenvalue weighted by molar-refractivity contribution is 0.172. The Balaban J connectivity index is 3.93. The summed E-state index contributed by atoms with van der Waals surface area (Å²) in [5, 5.41) is 11.7. The zero-order valence-corrected chi connectivity index (χ0v) is 6.52. The molecule has 3 amide bonds. The molecule has 68 valence electrons. The highest BCUT2D eigenvalue weighted by Crippen LogP contribution is 1.82. The van der Waals surface area contributed by atoms with Crippen molar-refractivity contribution in [3.8, 4) is 0 Å². The fraction of sp³-hybridized carbons (Fsp3) is 0.400. The summed E-state index contributed by atoms with van der Waals surface area (Å²) >= 11 is 0. The number of carbonyl (C=O) groups is 2. The second-order valence-electron chi connectivity index (χ2n) is 1.79. The minimum Gasteiger partial charge on any atom is -0.465 e. The summed E-state index contributed by atoms with van der Waals surface area (Å²) in [6.45, 7) is 1.88. The number of amides is 3. The number of rotatable bonds is 3. The molecule has 0 aliphatic carbocycles. The van der Waals surface area contributed by atoms with E-state index in [2.05, 4.69) is 10.8 Å². The standard InChI is InChI=1S/C5H10N4O3/c1-2-9(5(11)12)3-7-8-4(6)10/h3H,2H2,1H3,(H,11,12)(H3,6,8,10)/b7-3+. The van der Waals surface area contributed by atoms with E-state index in [0.717, 1.165) is 11.2 Å². The molecule has 0 radical (unpaired) electrons. The molecule has 0 saturated heterocycles. The Morgan fingerprint density at radius 1 is 1.75 bits per heavy atom. The third kappa shape index (κ3) is 4.09. The highest BCUT2D eigenvalue weighted by atomic mass is 16.4. The number of nitrogens with one attached hydrogen (secondary N) is 1. The van der Waals surface area contributed by atoms with Gasteiger partial charge >= 0.3 is 12.1 Å². The number of hydrazone groups is 1. The fourth-order valence-electron chi connectivity index (χ4n) is 0.428. The van der Waals surface area contributed by atoms with E-state index in [0.29, 0.717) is 0 Å². The van der Waals surface area contributed by atoms with E-state index < -0.39 is 12.1 Å². The second kappa shape index (κ2) is 4.94. The van der Waals surface area contributed by atoms with Crippen LogP contribution >= 0.6 is 0 Å². The van der Waals surface area contributed by atoms with Gasteiger partial charge in [0.25, 0.3) is 0 Å². The molecule has 0 aromatic carbocycles. The maximum Gasteiger partial charge on any atom is 0.412 e. The van der Waals surface area contributed by atoms with Gasteiger partial charge < -0.3 is 10.8 Å². The SMILES string of the molecule is CCN(/C=N/NC(N)=O)C(=O)O. The first-order chi connectivity index (χ1) is 5.57. The van der Waals surface area contributed by atoms with Crippen LogP contribution in [-0.2, 0) is 0 Å². The van der Waals surface area contributed by atoms with Crippen molar-refractivity contribution >= 4 is 18.5 Å². The van der Waals surface area contributed by atoms with Gasteiger partial charge in [-0.3, -0.25) is 4.90 Å². The third-order valence-corrected chi connectivity index (χ3v) is 0.958. The van der Waals surface area contributed by atoms with Gasteiger partial charge in [-0.15, -0.1) is 0 Å². The summed E-state index contributed by atoms with van der Waals surface area (Å²) in [5.41, 5.74) is 6.53. The lowest BCUT2D eigenvalue weighted by Gasteiger charge is -2.08. The van der Waals surface area contributed by atoms with Crippen LogP contribution in [0.5, 0.6) is 0 Å². The molecule has 0 unspecified atom stereocenters. The van der Waals surface area contributed by atoms with Crippen molar-refractivity contribution in [2.45, 2.75) is 6.92 Å². The summed E-state index contributed by atoms with van der Waals surface area (Å²) in [4.78, 5) is 21.3. The average molecular weight is 174 g/mol. The van der Waals surface area contributed by atoms with Gasteiger partial charge in [-0.05, 0) is 6.92 Å². The van der Waals surface area contributed by atoms with E-state index in [4.69, 9.17) is 5.11 Å². The van der Waals surface area contributed by atoms with Crippen molar-refractivity contribution < 1.29 is 14.7 Å². The molecule has 0 heterocycles. The number of hydrogen-bond acceptors (Lipinski definition) is 3. The predicted octanol–water partition coefficient (Wildman–Crippen LogP) is -0.402. The van der Waals surface area contributed by atoms with Crippen LogP contribution in [-0.4, -0.2) is 35.0 Å². The van der Waals surface area contributed by atoms with E-state index >= 15 is 0 Å². The van der Waals surface area contributed by atoms with Crippen molar-refractivity contribution in [3.63, 3.8) is 0 Å². The second-order valence-corrected chi connectivity index (χ2v) is 1.79. The maximum absolute atomic E-state index is 10.3. The van der Waals surface area contributed by atoms with Crippen LogP contribution in [0.3, 0.4) is 0 Å². The summed E-state index contributed by atoms with van der Waals surface area (Å²) in [5.74, 6) is 0. The molecule has 0 aromatic rings. The molecule has 0 atom stereocenters. The van der Waals surface area contributed by atoms with E-state index in [1.54, 1.807) is 6.92 Å². The molecule has 0 aromatic heterocycles. The summed E-state index contributed by atoms with van der Waals surface area (Å²) in [7, 11) is 0. The molecule has 0 fully saturated rings. The average Bonchev–Trinajstić information content (AvgIpc) is 1.96. The highest BCUT2D eigenvalue weighted by molar-refractivity contribution is 5.81. The zero-order valence-electron chi connectivity index (χ0n) is 6.52. The van der Waals surface area contributed by atoms with Gasteiger partial charge in [-0.2, -0.15) is 5.10 Å². The van der Waals surface area contributed by atoms with Gasteiger partial charge in [-0.1, -0.05) is 0 Å². The van der Waals surface area contributed by atoms with E-state index in [1.165, 1.54) is 0 Å². The van der Waals surface area contributed by atoms with E-state index in [9.17, 15) is 9.59 Å². The minimum absolute atomic E-state index is 0.249. The quantitative estimate of drug-likeness (QED) is 0.307. The van der Waals surface area contributed by atoms with Gasteiger partial charge in [0.05, 0.1) is 0 Å². The Morgan fingerprint density at radius 2 is 2.33 bits per heavy atom. The molecule has 0 spiro atoms. The number of nitrogens with two attached hydrogens (primary N) is 1. The monoisotopic (exact) mass is 174 g/mol. The predicted molar refractivity (Wildman–Crippen MR) is 41.6 cm³/mol. The number of carboxylic acid groups (broad SMARTS) is 1. The summed E-state index contributed by atoms with van der Waals surface area (Å²) in [6, 6.07) is -0.840. The van der Waals surface area contributed by atoms with E-state index in [1.807, 2.05) is 5.43 Å². The topological polar surface area (TPSA) is 108 Å². The van der Waals surface area contributed by atoms with Crippen molar-refractivity contribution in [2.24, 2.45) is 10.8 Å². The molecule has 0 aliphatic heterocycles. The number of hydrogen-bond donors (Lipinski definition) is 3. The van der Waals surface area contributed by atoms with Crippen LogP contribution in [0, 0.1) is 0 Å². The minimum atomic E-state index is -1.15. The van der Waals surface area contributed by atoms with Crippen LogP contribution in [0.1, 0.15) is 6.92 Å². The molecule has 12 heavy (non-hydrogen) atoms. The molecule has 7 heteroatoms. The Labute approximate surface area is 68.8 Å². The zero-order chi connectivity index (χ0) is 9.56. The van der Waals surface area contributed by atoms with Crippen LogP contribution < -0.4 is 11.2 Å². The largest absolute Gasteiger partial charge is 0.465 e. The number of nitrogens with zero attached hydrogens (tertiary/aromatic N) is 2. The molecule has 0 rings (SSSR count). The maximum atomic E-state index is 10.3. The summed E-state index contributed by atoms with van der Waals surface area (Å²) < 4.78 is 0. The number of urea groups is 1. The van der Waals surface area contributed by atoms with Gasteiger partial charge in [0.15, 0.2) is 0 Å². The van der Waals surface area contributed by atoms with Crippen molar-refractivity contribution in [1.82, 2.24) is 10.3 Å². The Hall–Kier alpha value is -1.79. The van der Waals surface area contributed by atoms with Crippen LogP contribution in [0.4, 0.5) is 9.59 Å². The van der Waals surface area contributed by atoms with Crippen molar-refractivity contribution in [1.29, 1.82) is 0 Å². The molecule has 7 nitrogen and oxygen atoms in total. The smallest absolute Gasteiger partial charge is 0.412 e. The molecule has 0 saturated carbocycles. The lowest BCUT2D eigenvalue weighted by atomic mass is 10.6. The molecule has 0 bridgehead atoms. The first kappa shape index (κ1) is 10.2. The number of carbonyl (C=O) groups excluding carboxylic acids is 1. The number of primary amides is 1. The highest BCUT2D eigenvalue weighted by Gasteiger charge is 2.04. The van der Waals surface area contributed by atoms with Crippen LogP contribution in [0.25, 0.3) is 0 Å². The van der Waals surface area contributed by atoms with Crippen molar-refractivity contribution in [2.75, 3.05) is 6.54 Å². The van der Waals surface area contributed by atoms with Gasteiger partial charge in [0.1, 0.15) is 6.34 Å². The first-order valence-electron chi connectivity index (χ1n) is 3.16. The van der Waals surface area contributed by atoms with E-state index in [-0.39, 0.29) is 6.54 Å². The van der Waals surface area contributed by atoms with Gasteiger partial charge in [0.2, 0.25) is 0 Å². The molecular weight excluding hydrogens is 164 g/mol. The Morgan fingerprint density at radius 3 is 2.67 bits per heavy atom. The van der Waals surface area contributed by atoms with Gasteiger partial charge in [-0.25, -0.2) is 15.0 Å². The first-order valence-corrected chi connectivity index (χ1v) is 3.16. The van der Waals surface area contributed by atoms with Gasteiger partial charge in [0, 0.05) is 6.54 Å². The Kier molecular flexibility index (Phi) is 4.20.